The third-order valence-electron chi connectivity index (χ3n) is 3.39. The SMILES string of the molecule is Oc1cc2ccccc2cc1Oc1nc(C2CC2)ns1. The minimum absolute atomic E-state index is 0.117. The molecule has 4 nitrogen and oxygen atoms in total. The maximum Gasteiger partial charge on any atom is 0.298 e. The molecule has 0 radical (unpaired) electrons. The first-order valence-corrected chi connectivity index (χ1v) is 7.30. The van der Waals surface area contributed by atoms with Gasteiger partial charge in [-0.2, -0.15) is 9.36 Å². The molecule has 0 bridgehead atoms. The van der Waals surface area contributed by atoms with Crippen LogP contribution in [0.25, 0.3) is 10.8 Å². The molecule has 0 saturated heterocycles. The number of fused-ring (bicyclic) bond motifs is 1. The number of aromatic hydroxyl groups is 1. The van der Waals surface area contributed by atoms with E-state index >= 15 is 0 Å². The van der Waals surface area contributed by atoms with Crippen LogP contribution in [-0.4, -0.2) is 14.5 Å². The molecule has 1 N–H and O–H groups in total. The summed E-state index contributed by atoms with van der Waals surface area (Å²) >= 11 is 1.23. The zero-order chi connectivity index (χ0) is 13.5. The summed E-state index contributed by atoms with van der Waals surface area (Å²) < 4.78 is 9.96. The van der Waals surface area contributed by atoms with Gasteiger partial charge in [0.15, 0.2) is 11.5 Å². The minimum Gasteiger partial charge on any atom is -0.504 e. The van der Waals surface area contributed by atoms with Gasteiger partial charge in [0, 0.05) is 17.5 Å². The van der Waals surface area contributed by atoms with Gasteiger partial charge in [-0.1, -0.05) is 24.3 Å². The van der Waals surface area contributed by atoms with Gasteiger partial charge in [-0.05, 0) is 35.7 Å². The van der Waals surface area contributed by atoms with E-state index in [0.717, 1.165) is 29.4 Å². The van der Waals surface area contributed by atoms with Gasteiger partial charge >= 0.3 is 0 Å². The highest BCUT2D eigenvalue weighted by molar-refractivity contribution is 7.07. The number of aromatic nitrogens is 2. The Morgan fingerprint density at radius 1 is 1.15 bits per heavy atom. The standard InChI is InChI=1S/C15H12N2O2S/c18-12-7-10-3-1-2-4-11(10)8-13(12)19-15-16-14(17-20-15)9-5-6-9/h1-4,7-9,18H,5-6H2. The quantitative estimate of drug-likeness (QED) is 0.787. The van der Waals surface area contributed by atoms with E-state index in [9.17, 15) is 5.11 Å². The summed E-state index contributed by atoms with van der Waals surface area (Å²) in [6.45, 7) is 0. The smallest absolute Gasteiger partial charge is 0.298 e. The van der Waals surface area contributed by atoms with Crippen LogP contribution in [0.4, 0.5) is 0 Å². The van der Waals surface area contributed by atoms with Gasteiger partial charge in [0.05, 0.1) is 0 Å². The number of hydrogen-bond acceptors (Lipinski definition) is 5. The third-order valence-corrected chi connectivity index (χ3v) is 4.00. The van der Waals surface area contributed by atoms with Crippen LogP contribution >= 0.6 is 11.5 Å². The van der Waals surface area contributed by atoms with E-state index in [1.165, 1.54) is 11.5 Å². The number of benzene rings is 2. The van der Waals surface area contributed by atoms with Crippen LogP contribution in [0.1, 0.15) is 24.6 Å². The van der Waals surface area contributed by atoms with Crippen molar-refractivity contribution >= 4 is 22.3 Å². The van der Waals surface area contributed by atoms with E-state index in [1.807, 2.05) is 30.3 Å². The Balaban J connectivity index is 1.68. The van der Waals surface area contributed by atoms with Gasteiger partial charge in [0.25, 0.3) is 5.19 Å². The van der Waals surface area contributed by atoms with Gasteiger partial charge in [-0.25, -0.2) is 0 Å². The molecule has 1 aliphatic carbocycles. The molecular formula is C15H12N2O2S. The lowest BCUT2D eigenvalue weighted by molar-refractivity contribution is 0.410. The largest absolute Gasteiger partial charge is 0.504 e. The normalized spacial score (nSPS) is 14.6. The molecule has 0 aliphatic heterocycles. The van der Waals surface area contributed by atoms with Gasteiger partial charge in [-0.15, -0.1) is 0 Å². The summed E-state index contributed by atoms with van der Waals surface area (Å²) in [6, 6.07) is 11.4. The minimum atomic E-state index is 0.117. The Bertz CT molecular complexity index is 780. The lowest BCUT2D eigenvalue weighted by atomic mass is 10.1. The molecular weight excluding hydrogens is 272 g/mol. The fourth-order valence-corrected chi connectivity index (χ4v) is 2.78. The maximum absolute atomic E-state index is 10.0. The van der Waals surface area contributed by atoms with E-state index in [4.69, 9.17) is 4.74 Å². The molecule has 0 atom stereocenters. The Hall–Kier alpha value is -2.14. The van der Waals surface area contributed by atoms with Crippen molar-refractivity contribution in [3.05, 3.63) is 42.2 Å². The predicted octanol–water partition coefficient (Wildman–Crippen LogP) is 4.07. The summed E-state index contributed by atoms with van der Waals surface area (Å²) in [7, 11) is 0. The summed E-state index contributed by atoms with van der Waals surface area (Å²) in [5, 5.41) is 12.5. The maximum atomic E-state index is 10.0. The first-order chi connectivity index (χ1) is 9.79. The zero-order valence-corrected chi connectivity index (χ0v) is 11.4. The summed E-state index contributed by atoms with van der Waals surface area (Å²) in [5.74, 6) is 1.91. The Morgan fingerprint density at radius 2 is 1.90 bits per heavy atom. The monoisotopic (exact) mass is 284 g/mol. The molecule has 0 spiro atoms. The van der Waals surface area contributed by atoms with Crippen molar-refractivity contribution in [1.29, 1.82) is 0 Å². The van der Waals surface area contributed by atoms with E-state index < -0.39 is 0 Å². The van der Waals surface area contributed by atoms with Crippen molar-refractivity contribution in [1.82, 2.24) is 9.36 Å². The topological polar surface area (TPSA) is 55.2 Å². The Kier molecular flexibility index (Phi) is 2.60. The molecule has 0 amide bonds. The Morgan fingerprint density at radius 3 is 2.65 bits per heavy atom. The first kappa shape index (κ1) is 11.7. The van der Waals surface area contributed by atoms with Crippen LogP contribution in [-0.2, 0) is 0 Å². The highest BCUT2D eigenvalue weighted by atomic mass is 32.1. The molecule has 3 aromatic rings. The fraction of sp³-hybridized carbons (Fsp3) is 0.200. The van der Waals surface area contributed by atoms with Crippen LogP contribution in [0.5, 0.6) is 16.7 Å². The summed E-state index contributed by atoms with van der Waals surface area (Å²) in [6.07, 6.45) is 2.33. The van der Waals surface area contributed by atoms with Crippen LogP contribution in [0.15, 0.2) is 36.4 Å². The number of nitrogens with zero attached hydrogens (tertiary/aromatic N) is 2. The third kappa shape index (κ3) is 2.10. The molecule has 1 aliphatic rings. The Labute approximate surface area is 119 Å². The second kappa shape index (κ2) is 4.45. The second-order valence-corrected chi connectivity index (χ2v) is 5.68. The van der Waals surface area contributed by atoms with E-state index in [1.54, 1.807) is 6.07 Å². The lowest BCUT2D eigenvalue weighted by Gasteiger charge is -2.06. The molecule has 0 unspecified atom stereocenters. The average Bonchev–Trinajstić information content (AvgIpc) is 3.20. The number of rotatable bonds is 3. The molecule has 5 heteroatoms. The first-order valence-electron chi connectivity index (χ1n) is 6.53. The molecule has 100 valence electrons. The molecule has 1 heterocycles. The van der Waals surface area contributed by atoms with E-state index in [2.05, 4.69) is 9.36 Å². The number of phenols is 1. The highest BCUT2D eigenvalue weighted by Crippen LogP contribution is 2.41. The van der Waals surface area contributed by atoms with Crippen LogP contribution in [0.2, 0.25) is 0 Å². The van der Waals surface area contributed by atoms with E-state index in [0.29, 0.717) is 16.9 Å². The molecule has 1 aromatic heterocycles. The van der Waals surface area contributed by atoms with Gasteiger partial charge in [-0.3, -0.25) is 0 Å². The summed E-state index contributed by atoms with van der Waals surface area (Å²) in [4.78, 5) is 4.36. The van der Waals surface area contributed by atoms with Crippen LogP contribution < -0.4 is 4.74 Å². The molecule has 20 heavy (non-hydrogen) atoms. The lowest BCUT2D eigenvalue weighted by Crippen LogP contribution is -1.86. The molecule has 1 saturated carbocycles. The zero-order valence-electron chi connectivity index (χ0n) is 10.6. The van der Waals surface area contributed by atoms with Crippen molar-refractivity contribution < 1.29 is 9.84 Å². The number of hydrogen-bond donors (Lipinski definition) is 1. The number of ether oxygens (including phenoxy) is 1. The summed E-state index contributed by atoms with van der Waals surface area (Å²) in [5.41, 5.74) is 0. The van der Waals surface area contributed by atoms with Gasteiger partial charge < -0.3 is 9.84 Å². The molecule has 1 fully saturated rings. The van der Waals surface area contributed by atoms with Crippen molar-refractivity contribution in [2.24, 2.45) is 0 Å². The number of phenolic OH excluding ortho intramolecular Hbond substituents is 1. The average molecular weight is 284 g/mol. The van der Waals surface area contributed by atoms with Gasteiger partial charge in [0.2, 0.25) is 0 Å². The highest BCUT2D eigenvalue weighted by Gasteiger charge is 2.28. The van der Waals surface area contributed by atoms with Crippen molar-refractivity contribution in [3.8, 4) is 16.7 Å². The van der Waals surface area contributed by atoms with Gasteiger partial charge in [0.1, 0.15) is 5.82 Å². The molecule has 2 aromatic carbocycles. The molecule has 4 rings (SSSR count). The second-order valence-electron chi connectivity index (χ2n) is 4.96. The van der Waals surface area contributed by atoms with Crippen LogP contribution in [0.3, 0.4) is 0 Å². The van der Waals surface area contributed by atoms with Crippen molar-refractivity contribution in [2.45, 2.75) is 18.8 Å². The fourth-order valence-electron chi connectivity index (χ4n) is 2.15. The van der Waals surface area contributed by atoms with Crippen molar-refractivity contribution in [3.63, 3.8) is 0 Å². The predicted molar refractivity (Wildman–Crippen MR) is 77.6 cm³/mol. The van der Waals surface area contributed by atoms with Crippen LogP contribution in [0, 0.1) is 0 Å². The van der Waals surface area contributed by atoms with E-state index in [-0.39, 0.29) is 5.75 Å². The van der Waals surface area contributed by atoms with Crippen molar-refractivity contribution in [2.75, 3.05) is 0 Å².